The number of aromatic nitrogens is 2. The molecule has 0 atom stereocenters. The van der Waals surface area contributed by atoms with Crippen LogP contribution in [-0.2, 0) is 4.79 Å². The smallest absolute Gasteiger partial charge is 0.225 e. The van der Waals surface area contributed by atoms with Crippen molar-refractivity contribution in [2.24, 2.45) is 0 Å². The lowest BCUT2D eigenvalue weighted by Crippen LogP contribution is -2.13. The summed E-state index contributed by atoms with van der Waals surface area (Å²) >= 11 is 0. The van der Waals surface area contributed by atoms with Crippen LogP contribution in [0.4, 0.5) is 5.82 Å². The SMILES string of the molecule is O=C(CCCOc1ccccc1)Nc1cn2ccccc2n1. The van der Waals surface area contributed by atoms with Gasteiger partial charge in [-0.2, -0.15) is 0 Å². The third-order valence-electron chi connectivity index (χ3n) is 3.19. The Morgan fingerprint density at radius 1 is 1.14 bits per heavy atom. The van der Waals surface area contributed by atoms with E-state index in [1.807, 2.05) is 59.1 Å². The van der Waals surface area contributed by atoms with Gasteiger partial charge in [-0.3, -0.25) is 4.79 Å². The van der Waals surface area contributed by atoms with Crippen LogP contribution in [0.1, 0.15) is 12.8 Å². The average Bonchev–Trinajstić information content (AvgIpc) is 2.94. The number of rotatable bonds is 6. The van der Waals surface area contributed by atoms with E-state index in [0.29, 0.717) is 25.3 Å². The van der Waals surface area contributed by atoms with E-state index in [4.69, 9.17) is 4.74 Å². The molecule has 0 saturated carbocycles. The number of pyridine rings is 1. The van der Waals surface area contributed by atoms with E-state index in [-0.39, 0.29) is 5.91 Å². The highest BCUT2D eigenvalue weighted by molar-refractivity contribution is 5.89. The second-order valence-corrected chi connectivity index (χ2v) is 4.91. The molecule has 3 aromatic rings. The summed E-state index contributed by atoms with van der Waals surface area (Å²) in [6.45, 7) is 0.516. The number of nitrogens with zero attached hydrogens (tertiary/aromatic N) is 2. The fraction of sp³-hybridized carbons (Fsp3) is 0.176. The van der Waals surface area contributed by atoms with Crippen LogP contribution in [0.5, 0.6) is 5.75 Å². The number of anilines is 1. The summed E-state index contributed by atoms with van der Waals surface area (Å²) in [4.78, 5) is 16.2. The third-order valence-corrected chi connectivity index (χ3v) is 3.19. The second kappa shape index (κ2) is 6.76. The number of amides is 1. The summed E-state index contributed by atoms with van der Waals surface area (Å²) in [5.41, 5.74) is 0.810. The molecule has 1 amide bonds. The zero-order valence-corrected chi connectivity index (χ0v) is 12.1. The zero-order valence-electron chi connectivity index (χ0n) is 12.1. The second-order valence-electron chi connectivity index (χ2n) is 4.91. The molecule has 0 spiro atoms. The summed E-state index contributed by atoms with van der Waals surface area (Å²) in [5, 5.41) is 2.80. The number of hydrogen-bond acceptors (Lipinski definition) is 3. The molecule has 22 heavy (non-hydrogen) atoms. The molecule has 0 aliphatic heterocycles. The van der Waals surface area contributed by atoms with Gasteiger partial charge in [0.2, 0.25) is 5.91 Å². The highest BCUT2D eigenvalue weighted by Crippen LogP contribution is 2.11. The molecular formula is C17H17N3O2. The first kappa shape index (κ1) is 14.1. The van der Waals surface area contributed by atoms with Gasteiger partial charge in [0, 0.05) is 12.6 Å². The van der Waals surface area contributed by atoms with E-state index in [1.165, 1.54) is 0 Å². The first-order chi connectivity index (χ1) is 10.8. The van der Waals surface area contributed by atoms with Crippen LogP contribution in [0.15, 0.2) is 60.9 Å². The number of benzene rings is 1. The van der Waals surface area contributed by atoms with Crippen molar-refractivity contribution >= 4 is 17.4 Å². The summed E-state index contributed by atoms with van der Waals surface area (Å²) in [7, 11) is 0. The van der Waals surface area contributed by atoms with Crippen molar-refractivity contribution in [3.8, 4) is 5.75 Å². The Bertz CT molecular complexity index is 720. The summed E-state index contributed by atoms with van der Waals surface area (Å²) in [5.74, 6) is 1.34. The van der Waals surface area contributed by atoms with Crippen LogP contribution in [0.25, 0.3) is 5.65 Å². The van der Waals surface area contributed by atoms with Crippen molar-refractivity contribution in [1.29, 1.82) is 0 Å². The number of fused-ring (bicyclic) bond motifs is 1. The number of imidazole rings is 1. The number of carbonyl (C=O) groups excluding carboxylic acids is 1. The van der Waals surface area contributed by atoms with Gasteiger partial charge in [-0.25, -0.2) is 4.98 Å². The maximum absolute atomic E-state index is 11.9. The van der Waals surface area contributed by atoms with Crippen LogP contribution in [0.2, 0.25) is 0 Å². The monoisotopic (exact) mass is 295 g/mol. The topological polar surface area (TPSA) is 55.6 Å². The van der Waals surface area contributed by atoms with Crippen LogP contribution < -0.4 is 10.1 Å². The molecule has 0 aliphatic carbocycles. The predicted molar refractivity (Wildman–Crippen MR) is 85.0 cm³/mol. The fourth-order valence-corrected chi connectivity index (χ4v) is 2.14. The first-order valence-electron chi connectivity index (χ1n) is 7.23. The Kier molecular flexibility index (Phi) is 4.34. The number of hydrogen-bond donors (Lipinski definition) is 1. The number of carbonyl (C=O) groups is 1. The van der Waals surface area contributed by atoms with E-state index in [0.717, 1.165) is 11.4 Å². The Morgan fingerprint density at radius 3 is 2.77 bits per heavy atom. The average molecular weight is 295 g/mol. The predicted octanol–water partition coefficient (Wildman–Crippen LogP) is 3.13. The highest BCUT2D eigenvalue weighted by Gasteiger charge is 2.06. The Morgan fingerprint density at radius 2 is 1.95 bits per heavy atom. The molecular weight excluding hydrogens is 278 g/mol. The van der Waals surface area contributed by atoms with Crippen molar-refractivity contribution in [3.63, 3.8) is 0 Å². The summed E-state index contributed by atoms with van der Waals surface area (Å²) < 4.78 is 7.42. The maximum Gasteiger partial charge on any atom is 0.225 e. The quantitative estimate of drug-likeness (QED) is 0.711. The van der Waals surface area contributed by atoms with Gasteiger partial charge < -0.3 is 14.5 Å². The minimum Gasteiger partial charge on any atom is -0.494 e. The van der Waals surface area contributed by atoms with E-state index in [2.05, 4.69) is 10.3 Å². The normalized spacial score (nSPS) is 10.5. The number of para-hydroxylation sites is 1. The molecule has 0 fully saturated rings. The molecule has 0 unspecified atom stereocenters. The molecule has 1 N–H and O–H groups in total. The van der Waals surface area contributed by atoms with Crippen LogP contribution in [0.3, 0.4) is 0 Å². The molecule has 2 heterocycles. The molecule has 2 aromatic heterocycles. The van der Waals surface area contributed by atoms with Gasteiger partial charge in [0.15, 0.2) is 5.82 Å². The molecule has 5 nitrogen and oxygen atoms in total. The molecule has 1 aromatic carbocycles. The Hall–Kier alpha value is -2.82. The molecule has 112 valence electrons. The minimum absolute atomic E-state index is 0.0555. The lowest BCUT2D eigenvalue weighted by molar-refractivity contribution is -0.116. The van der Waals surface area contributed by atoms with Crippen LogP contribution in [0, 0.1) is 0 Å². The largest absolute Gasteiger partial charge is 0.494 e. The molecule has 0 aliphatic rings. The van der Waals surface area contributed by atoms with Crippen LogP contribution >= 0.6 is 0 Å². The van der Waals surface area contributed by atoms with Crippen molar-refractivity contribution in [2.45, 2.75) is 12.8 Å². The van der Waals surface area contributed by atoms with Gasteiger partial charge in [-0.15, -0.1) is 0 Å². The van der Waals surface area contributed by atoms with Gasteiger partial charge in [-0.05, 0) is 30.7 Å². The standard InChI is InChI=1S/C17H17N3O2/c21-17(10-6-12-22-14-7-2-1-3-8-14)19-15-13-20-11-5-4-9-16(20)18-15/h1-5,7-9,11,13H,6,10,12H2,(H,19,21). The lowest BCUT2D eigenvalue weighted by Gasteiger charge is -2.05. The van der Waals surface area contributed by atoms with Crippen molar-refractivity contribution in [2.75, 3.05) is 11.9 Å². The van der Waals surface area contributed by atoms with Crippen LogP contribution in [-0.4, -0.2) is 21.9 Å². The van der Waals surface area contributed by atoms with E-state index in [9.17, 15) is 4.79 Å². The van der Waals surface area contributed by atoms with Gasteiger partial charge in [0.05, 0.1) is 12.8 Å². The summed E-state index contributed by atoms with van der Waals surface area (Å²) in [6.07, 6.45) is 4.76. The fourth-order valence-electron chi connectivity index (χ4n) is 2.14. The Balaban J connectivity index is 1.44. The van der Waals surface area contributed by atoms with Crippen molar-refractivity contribution in [3.05, 3.63) is 60.9 Å². The lowest BCUT2D eigenvalue weighted by atomic mass is 10.3. The van der Waals surface area contributed by atoms with Gasteiger partial charge in [0.1, 0.15) is 11.4 Å². The van der Waals surface area contributed by atoms with Crippen molar-refractivity contribution < 1.29 is 9.53 Å². The minimum atomic E-state index is -0.0555. The van der Waals surface area contributed by atoms with E-state index >= 15 is 0 Å². The molecule has 3 rings (SSSR count). The maximum atomic E-state index is 11.9. The zero-order chi connectivity index (χ0) is 15.2. The van der Waals surface area contributed by atoms with Gasteiger partial charge >= 0.3 is 0 Å². The highest BCUT2D eigenvalue weighted by atomic mass is 16.5. The molecule has 0 radical (unpaired) electrons. The molecule has 5 heteroatoms. The van der Waals surface area contributed by atoms with Gasteiger partial charge in [-0.1, -0.05) is 24.3 Å². The number of ether oxygens (including phenoxy) is 1. The van der Waals surface area contributed by atoms with Gasteiger partial charge in [0.25, 0.3) is 0 Å². The number of nitrogens with one attached hydrogen (secondary N) is 1. The molecule has 0 bridgehead atoms. The Labute approximate surface area is 128 Å². The summed E-state index contributed by atoms with van der Waals surface area (Å²) in [6, 6.07) is 15.3. The first-order valence-corrected chi connectivity index (χ1v) is 7.23. The third kappa shape index (κ3) is 3.63. The molecule has 0 saturated heterocycles. The van der Waals surface area contributed by atoms with Crippen molar-refractivity contribution in [1.82, 2.24) is 9.38 Å². The van der Waals surface area contributed by atoms with E-state index < -0.39 is 0 Å². The van der Waals surface area contributed by atoms with E-state index in [1.54, 1.807) is 6.20 Å².